The maximum atomic E-state index is 11.8. The third-order valence-corrected chi connectivity index (χ3v) is 6.46. The highest BCUT2D eigenvalue weighted by atomic mass is 79.9. The second kappa shape index (κ2) is 3.68. The number of fused-ring (bicyclic) bond motifs is 1. The standard InChI is InChI=1S/C10H14BrNO4S/c1-4(11)10(13)16-9-5-2-6-7(3-5)17(14,15)12-8(6)9/h4-9,12H,2-3H2,1H3. The quantitative estimate of drug-likeness (QED) is 0.589. The smallest absolute Gasteiger partial charge is 0.319 e. The Labute approximate surface area is 108 Å². The van der Waals surface area contributed by atoms with Crippen molar-refractivity contribution in [2.45, 2.75) is 42.0 Å². The number of rotatable bonds is 2. The molecule has 0 aromatic heterocycles. The molecule has 6 unspecified atom stereocenters. The van der Waals surface area contributed by atoms with Crippen LogP contribution in [0.25, 0.3) is 0 Å². The summed E-state index contributed by atoms with van der Waals surface area (Å²) in [5.41, 5.74) is 0. The summed E-state index contributed by atoms with van der Waals surface area (Å²) in [5, 5.41) is -0.256. The van der Waals surface area contributed by atoms with Gasteiger partial charge >= 0.3 is 5.97 Å². The third-order valence-electron chi connectivity index (χ3n) is 4.14. The van der Waals surface area contributed by atoms with Gasteiger partial charge in [0, 0.05) is 0 Å². The number of carbonyl (C=O) groups excluding carboxylic acids is 1. The maximum absolute atomic E-state index is 11.8. The van der Waals surface area contributed by atoms with Gasteiger partial charge in [0.1, 0.15) is 10.9 Å². The fourth-order valence-corrected chi connectivity index (χ4v) is 5.65. The average Bonchev–Trinajstić information content (AvgIpc) is 2.81. The molecule has 0 radical (unpaired) electrons. The molecular formula is C10H14BrNO4S. The van der Waals surface area contributed by atoms with Crippen molar-refractivity contribution in [3.05, 3.63) is 0 Å². The van der Waals surface area contributed by atoms with E-state index in [0.717, 1.165) is 6.42 Å². The first kappa shape index (κ1) is 11.9. The third kappa shape index (κ3) is 1.66. The molecule has 17 heavy (non-hydrogen) atoms. The van der Waals surface area contributed by atoms with Crippen molar-refractivity contribution in [1.82, 2.24) is 4.72 Å². The number of carbonyl (C=O) groups is 1. The van der Waals surface area contributed by atoms with Crippen LogP contribution < -0.4 is 4.72 Å². The van der Waals surface area contributed by atoms with E-state index in [1.165, 1.54) is 0 Å². The minimum Gasteiger partial charge on any atom is -0.460 e. The molecule has 5 nitrogen and oxygen atoms in total. The Morgan fingerprint density at radius 3 is 2.82 bits per heavy atom. The highest BCUT2D eigenvalue weighted by Crippen LogP contribution is 2.52. The predicted octanol–water partition coefficient (Wildman–Crippen LogP) is 0.392. The van der Waals surface area contributed by atoms with Crippen LogP contribution in [0.3, 0.4) is 0 Å². The molecule has 1 aliphatic heterocycles. The van der Waals surface area contributed by atoms with Gasteiger partial charge in [-0.25, -0.2) is 13.1 Å². The number of hydrogen-bond donors (Lipinski definition) is 1. The van der Waals surface area contributed by atoms with Gasteiger partial charge in [-0.05, 0) is 31.6 Å². The summed E-state index contributed by atoms with van der Waals surface area (Å²) in [4.78, 5) is 11.2. The average molecular weight is 324 g/mol. The van der Waals surface area contributed by atoms with Gasteiger partial charge in [-0.1, -0.05) is 15.9 Å². The van der Waals surface area contributed by atoms with Gasteiger partial charge in [-0.3, -0.25) is 4.79 Å². The summed E-state index contributed by atoms with van der Waals surface area (Å²) in [6, 6.07) is -0.195. The van der Waals surface area contributed by atoms with E-state index in [0.29, 0.717) is 6.42 Å². The monoisotopic (exact) mass is 323 g/mol. The Hall–Kier alpha value is -0.140. The van der Waals surface area contributed by atoms with Gasteiger partial charge in [0.25, 0.3) is 0 Å². The van der Waals surface area contributed by atoms with Crippen molar-refractivity contribution in [2.75, 3.05) is 0 Å². The molecule has 0 aromatic rings. The van der Waals surface area contributed by atoms with Crippen molar-refractivity contribution < 1.29 is 17.9 Å². The minimum absolute atomic E-state index is 0.133. The zero-order valence-electron chi connectivity index (χ0n) is 9.30. The second-order valence-corrected chi connectivity index (χ2v) is 8.44. The number of hydrogen-bond acceptors (Lipinski definition) is 4. The Balaban J connectivity index is 1.81. The summed E-state index contributed by atoms with van der Waals surface area (Å²) >= 11 is 3.16. The van der Waals surface area contributed by atoms with Gasteiger partial charge in [0.2, 0.25) is 10.0 Å². The normalized spacial score (nSPS) is 47.1. The Morgan fingerprint density at radius 2 is 2.18 bits per heavy atom. The molecule has 7 heteroatoms. The Morgan fingerprint density at radius 1 is 1.47 bits per heavy atom. The molecule has 0 amide bonds. The van der Waals surface area contributed by atoms with E-state index in [1.807, 2.05) is 0 Å². The molecule has 0 spiro atoms. The van der Waals surface area contributed by atoms with E-state index in [4.69, 9.17) is 4.74 Å². The first-order valence-electron chi connectivity index (χ1n) is 5.76. The minimum atomic E-state index is -3.17. The van der Waals surface area contributed by atoms with E-state index >= 15 is 0 Å². The SMILES string of the molecule is CC(Br)C(=O)OC1C2CC3C1NS(=O)(=O)C3C2. The van der Waals surface area contributed by atoms with Crippen LogP contribution in [0.5, 0.6) is 0 Å². The number of esters is 1. The van der Waals surface area contributed by atoms with E-state index in [1.54, 1.807) is 6.92 Å². The van der Waals surface area contributed by atoms with Crippen molar-refractivity contribution >= 4 is 31.9 Å². The lowest BCUT2D eigenvalue weighted by Gasteiger charge is -2.26. The van der Waals surface area contributed by atoms with Crippen LogP contribution in [-0.2, 0) is 19.6 Å². The number of alkyl halides is 1. The highest BCUT2D eigenvalue weighted by Gasteiger charge is 2.63. The van der Waals surface area contributed by atoms with Crippen molar-refractivity contribution in [3.63, 3.8) is 0 Å². The molecular weight excluding hydrogens is 310 g/mol. The van der Waals surface area contributed by atoms with E-state index in [9.17, 15) is 13.2 Å². The highest BCUT2D eigenvalue weighted by molar-refractivity contribution is 9.10. The largest absolute Gasteiger partial charge is 0.460 e. The predicted molar refractivity (Wildman–Crippen MR) is 64.1 cm³/mol. The Bertz CT molecular complexity index is 463. The number of sulfonamides is 1. The van der Waals surface area contributed by atoms with E-state index < -0.39 is 10.0 Å². The maximum Gasteiger partial charge on any atom is 0.319 e. The van der Waals surface area contributed by atoms with Crippen LogP contribution in [-0.4, -0.2) is 36.6 Å². The molecule has 2 bridgehead atoms. The fraction of sp³-hybridized carbons (Fsp3) is 0.900. The lowest BCUT2D eigenvalue weighted by atomic mass is 9.93. The zero-order valence-corrected chi connectivity index (χ0v) is 11.7. The first-order valence-corrected chi connectivity index (χ1v) is 8.22. The van der Waals surface area contributed by atoms with E-state index in [2.05, 4.69) is 20.7 Å². The van der Waals surface area contributed by atoms with Crippen molar-refractivity contribution in [2.24, 2.45) is 11.8 Å². The lowest BCUT2D eigenvalue weighted by Crippen LogP contribution is -2.42. The Kier molecular flexibility index (Phi) is 2.58. The topological polar surface area (TPSA) is 72.5 Å². The van der Waals surface area contributed by atoms with Crippen LogP contribution >= 0.6 is 15.9 Å². The van der Waals surface area contributed by atoms with Crippen LogP contribution in [0.1, 0.15) is 19.8 Å². The van der Waals surface area contributed by atoms with E-state index in [-0.39, 0.29) is 40.0 Å². The van der Waals surface area contributed by atoms with Gasteiger partial charge in [-0.2, -0.15) is 0 Å². The summed E-state index contributed by atoms with van der Waals surface area (Å²) in [6.07, 6.45) is 1.21. The lowest BCUT2D eigenvalue weighted by molar-refractivity contribution is -0.151. The first-order chi connectivity index (χ1) is 7.90. The summed E-state index contributed by atoms with van der Waals surface area (Å²) < 4.78 is 31.6. The second-order valence-electron chi connectivity index (χ2n) is 5.14. The molecule has 2 saturated carbocycles. The molecule has 96 valence electrons. The number of nitrogens with one attached hydrogen (secondary N) is 1. The fourth-order valence-electron chi connectivity index (χ4n) is 3.44. The summed E-state index contributed by atoms with van der Waals surface area (Å²) in [6.45, 7) is 1.71. The van der Waals surface area contributed by atoms with Crippen molar-refractivity contribution in [1.29, 1.82) is 0 Å². The zero-order chi connectivity index (χ0) is 12.4. The summed E-state index contributed by atoms with van der Waals surface area (Å²) in [7, 11) is -3.17. The molecule has 2 aliphatic carbocycles. The van der Waals surface area contributed by atoms with Gasteiger partial charge in [-0.15, -0.1) is 0 Å². The molecule has 1 saturated heterocycles. The summed E-state index contributed by atoms with van der Waals surface area (Å²) in [5.74, 6) is 0.0219. The molecule has 1 heterocycles. The number of halogens is 1. The van der Waals surface area contributed by atoms with Crippen LogP contribution in [0.15, 0.2) is 0 Å². The molecule has 6 atom stereocenters. The van der Waals surface area contributed by atoms with Gasteiger partial charge in [0.15, 0.2) is 0 Å². The van der Waals surface area contributed by atoms with Gasteiger partial charge in [0.05, 0.1) is 11.3 Å². The molecule has 3 rings (SSSR count). The van der Waals surface area contributed by atoms with Crippen LogP contribution in [0, 0.1) is 11.8 Å². The van der Waals surface area contributed by atoms with Gasteiger partial charge < -0.3 is 4.74 Å². The van der Waals surface area contributed by atoms with Crippen molar-refractivity contribution in [3.8, 4) is 0 Å². The number of ether oxygens (including phenoxy) is 1. The van der Waals surface area contributed by atoms with Crippen LogP contribution in [0.2, 0.25) is 0 Å². The van der Waals surface area contributed by atoms with Crippen LogP contribution in [0.4, 0.5) is 0 Å². The molecule has 3 fully saturated rings. The molecule has 3 aliphatic rings. The molecule has 0 aromatic carbocycles. The molecule has 1 N–H and O–H groups in total.